The molecular formula is C13H24N4S. The molecule has 1 aromatic heterocycles. The van der Waals surface area contributed by atoms with E-state index in [1.54, 1.807) is 6.33 Å². The van der Waals surface area contributed by atoms with E-state index in [9.17, 15) is 0 Å². The van der Waals surface area contributed by atoms with E-state index in [-0.39, 0.29) is 0 Å². The van der Waals surface area contributed by atoms with Gasteiger partial charge in [0.2, 0.25) is 0 Å². The van der Waals surface area contributed by atoms with Crippen molar-refractivity contribution in [3.05, 3.63) is 11.9 Å². The molecule has 0 aliphatic heterocycles. The Morgan fingerprint density at radius 2 is 2.11 bits per heavy atom. The van der Waals surface area contributed by atoms with Crippen molar-refractivity contribution < 1.29 is 0 Å². The Morgan fingerprint density at radius 3 is 2.67 bits per heavy atom. The Morgan fingerprint density at radius 1 is 1.39 bits per heavy atom. The lowest BCUT2D eigenvalue weighted by Crippen LogP contribution is -2.34. The summed E-state index contributed by atoms with van der Waals surface area (Å²) in [5, 5.41) is 3.28. The lowest BCUT2D eigenvalue weighted by Gasteiger charge is -2.29. The molecule has 0 saturated heterocycles. The third kappa shape index (κ3) is 3.51. The van der Waals surface area contributed by atoms with Gasteiger partial charge in [0.1, 0.15) is 18.0 Å². The van der Waals surface area contributed by atoms with Crippen LogP contribution in [-0.4, -0.2) is 41.6 Å². The van der Waals surface area contributed by atoms with Gasteiger partial charge in [-0.15, -0.1) is 0 Å². The summed E-state index contributed by atoms with van der Waals surface area (Å²) < 4.78 is 0. The van der Waals surface area contributed by atoms with Crippen LogP contribution in [0.15, 0.2) is 6.33 Å². The van der Waals surface area contributed by atoms with Crippen molar-refractivity contribution in [2.75, 3.05) is 35.8 Å². The predicted molar refractivity (Wildman–Crippen MR) is 81.8 cm³/mol. The van der Waals surface area contributed by atoms with E-state index in [0.717, 1.165) is 35.9 Å². The minimum atomic E-state index is 0.517. The third-order valence-corrected chi connectivity index (χ3v) is 3.83. The van der Waals surface area contributed by atoms with E-state index in [1.165, 1.54) is 0 Å². The zero-order valence-electron chi connectivity index (χ0n) is 12.0. The molecule has 102 valence electrons. The summed E-state index contributed by atoms with van der Waals surface area (Å²) in [5.41, 5.74) is 1.13. The van der Waals surface area contributed by atoms with Crippen LogP contribution in [0.5, 0.6) is 0 Å². The second-order valence-electron chi connectivity index (χ2n) is 4.33. The maximum Gasteiger partial charge on any atom is 0.137 e. The van der Waals surface area contributed by atoms with Crippen LogP contribution >= 0.6 is 11.8 Å². The fourth-order valence-corrected chi connectivity index (χ4v) is 2.86. The Bertz CT molecular complexity index is 370. The molecule has 0 aliphatic carbocycles. The first-order valence-electron chi connectivity index (χ1n) is 6.42. The highest BCUT2D eigenvalue weighted by Gasteiger charge is 2.17. The Balaban J connectivity index is 2.97. The number of thioether (sulfide) groups is 1. The number of hydrogen-bond acceptors (Lipinski definition) is 5. The first kappa shape index (κ1) is 15.1. The zero-order valence-corrected chi connectivity index (χ0v) is 12.8. The molecule has 0 spiro atoms. The van der Waals surface area contributed by atoms with Crippen molar-refractivity contribution >= 4 is 23.4 Å². The number of nitrogens with zero attached hydrogens (tertiary/aromatic N) is 3. The number of anilines is 2. The van der Waals surface area contributed by atoms with Crippen LogP contribution in [0.2, 0.25) is 0 Å². The van der Waals surface area contributed by atoms with E-state index in [4.69, 9.17) is 0 Å². The van der Waals surface area contributed by atoms with Crippen molar-refractivity contribution in [3.63, 3.8) is 0 Å². The van der Waals surface area contributed by atoms with Gasteiger partial charge in [-0.1, -0.05) is 6.92 Å². The van der Waals surface area contributed by atoms with Crippen molar-refractivity contribution in [2.45, 2.75) is 33.2 Å². The number of aromatic nitrogens is 2. The van der Waals surface area contributed by atoms with Gasteiger partial charge in [-0.3, -0.25) is 0 Å². The molecule has 0 amide bonds. The van der Waals surface area contributed by atoms with Gasteiger partial charge in [-0.2, -0.15) is 11.8 Å². The largest absolute Gasteiger partial charge is 0.370 e. The van der Waals surface area contributed by atoms with Crippen molar-refractivity contribution in [2.24, 2.45) is 0 Å². The average molecular weight is 268 g/mol. The van der Waals surface area contributed by atoms with Crippen LogP contribution in [0.4, 0.5) is 11.6 Å². The minimum Gasteiger partial charge on any atom is -0.370 e. The first-order chi connectivity index (χ1) is 8.65. The van der Waals surface area contributed by atoms with E-state index in [2.05, 4.69) is 54.3 Å². The molecule has 0 fully saturated rings. The summed E-state index contributed by atoms with van der Waals surface area (Å²) >= 11 is 1.88. The summed E-state index contributed by atoms with van der Waals surface area (Å²) in [6, 6.07) is 0.517. The van der Waals surface area contributed by atoms with Crippen LogP contribution in [0.1, 0.15) is 25.8 Å². The number of rotatable bonds is 7. The molecule has 1 atom stereocenters. The second kappa shape index (κ2) is 7.46. The topological polar surface area (TPSA) is 41.1 Å². The van der Waals surface area contributed by atoms with Crippen molar-refractivity contribution in [1.29, 1.82) is 0 Å². The predicted octanol–water partition coefficient (Wildman–Crippen LogP) is 2.79. The quantitative estimate of drug-likeness (QED) is 0.823. The number of nitrogens with one attached hydrogen (secondary N) is 1. The lowest BCUT2D eigenvalue weighted by atomic mass is 10.2. The highest BCUT2D eigenvalue weighted by Crippen LogP contribution is 2.24. The molecular weight excluding hydrogens is 244 g/mol. The van der Waals surface area contributed by atoms with Crippen LogP contribution in [0.3, 0.4) is 0 Å². The Hall–Kier alpha value is -0.970. The van der Waals surface area contributed by atoms with E-state index in [0.29, 0.717) is 6.04 Å². The highest BCUT2D eigenvalue weighted by molar-refractivity contribution is 7.98. The maximum atomic E-state index is 4.44. The molecule has 1 N–H and O–H groups in total. The smallest absolute Gasteiger partial charge is 0.137 e. The van der Waals surface area contributed by atoms with Gasteiger partial charge in [-0.05, 0) is 26.5 Å². The summed E-state index contributed by atoms with van der Waals surface area (Å²) in [5.74, 6) is 3.09. The summed E-state index contributed by atoms with van der Waals surface area (Å²) in [7, 11) is 2.12. The monoisotopic (exact) mass is 268 g/mol. The van der Waals surface area contributed by atoms with Gasteiger partial charge in [0.05, 0.1) is 0 Å². The Labute approximate surface area is 115 Å². The first-order valence-corrected chi connectivity index (χ1v) is 7.82. The fraction of sp³-hybridized carbons (Fsp3) is 0.692. The normalized spacial score (nSPS) is 12.3. The van der Waals surface area contributed by atoms with Crippen LogP contribution in [0.25, 0.3) is 0 Å². The van der Waals surface area contributed by atoms with Gasteiger partial charge in [-0.25, -0.2) is 9.97 Å². The van der Waals surface area contributed by atoms with Crippen molar-refractivity contribution in [3.8, 4) is 0 Å². The minimum absolute atomic E-state index is 0.517. The maximum absolute atomic E-state index is 4.44. The van der Waals surface area contributed by atoms with E-state index in [1.807, 2.05) is 11.8 Å². The summed E-state index contributed by atoms with van der Waals surface area (Å²) in [6.07, 6.45) is 4.91. The SMILES string of the molecule is CCNc1ncnc(N(C)C(CC)CSC)c1C. The van der Waals surface area contributed by atoms with Gasteiger partial charge < -0.3 is 10.2 Å². The molecule has 1 heterocycles. The molecule has 5 heteroatoms. The van der Waals surface area contributed by atoms with E-state index >= 15 is 0 Å². The van der Waals surface area contributed by atoms with Gasteiger partial charge >= 0.3 is 0 Å². The molecule has 4 nitrogen and oxygen atoms in total. The number of hydrogen-bond donors (Lipinski definition) is 1. The van der Waals surface area contributed by atoms with Crippen LogP contribution in [0, 0.1) is 6.92 Å². The van der Waals surface area contributed by atoms with Gasteiger partial charge in [0.15, 0.2) is 0 Å². The summed E-state index contributed by atoms with van der Waals surface area (Å²) in [4.78, 5) is 11.0. The molecule has 0 saturated carbocycles. The molecule has 0 bridgehead atoms. The highest BCUT2D eigenvalue weighted by atomic mass is 32.2. The van der Waals surface area contributed by atoms with E-state index < -0.39 is 0 Å². The third-order valence-electron chi connectivity index (χ3n) is 3.11. The lowest BCUT2D eigenvalue weighted by molar-refractivity contribution is 0.663. The van der Waals surface area contributed by atoms with Crippen LogP contribution in [-0.2, 0) is 0 Å². The molecule has 1 unspecified atom stereocenters. The second-order valence-corrected chi connectivity index (χ2v) is 5.24. The summed E-state index contributed by atoms with van der Waals surface area (Å²) in [6.45, 7) is 7.26. The molecule has 0 aliphatic rings. The van der Waals surface area contributed by atoms with Gasteiger partial charge in [0.25, 0.3) is 0 Å². The molecule has 1 aromatic rings. The van der Waals surface area contributed by atoms with Gasteiger partial charge in [0, 0.05) is 31.0 Å². The standard InChI is InChI=1S/C13H24N4S/c1-6-11(8-18-5)17(4)13-10(3)12(14-7-2)15-9-16-13/h9,11H,6-8H2,1-5H3,(H,14,15,16). The van der Waals surface area contributed by atoms with Crippen LogP contribution < -0.4 is 10.2 Å². The van der Waals surface area contributed by atoms with Crippen molar-refractivity contribution in [1.82, 2.24) is 9.97 Å². The molecule has 0 aromatic carbocycles. The average Bonchev–Trinajstić information content (AvgIpc) is 2.38. The molecule has 18 heavy (non-hydrogen) atoms. The molecule has 1 rings (SSSR count). The molecule has 0 radical (unpaired) electrons. The Kier molecular flexibility index (Phi) is 6.25. The fourth-order valence-electron chi connectivity index (χ4n) is 2.01. The zero-order chi connectivity index (χ0) is 13.5.